The predicted octanol–water partition coefficient (Wildman–Crippen LogP) is 4.07. The second-order valence-corrected chi connectivity index (χ2v) is 5.79. The van der Waals surface area contributed by atoms with Crippen molar-refractivity contribution in [3.63, 3.8) is 0 Å². The summed E-state index contributed by atoms with van der Waals surface area (Å²) in [6.45, 7) is 3.93. The summed E-state index contributed by atoms with van der Waals surface area (Å²) in [7, 11) is 0. The van der Waals surface area contributed by atoms with E-state index < -0.39 is 0 Å². The van der Waals surface area contributed by atoms with Crippen molar-refractivity contribution < 1.29 is 9.53 Å². The summed E-state index contributed by atoms with van der Waals surface area (Å²) >= 11 is 3.33. The minimum Gasteiger partial charge on any atom is -0.491 e. The number of hydrogen-bond acceptors (Lipinski definition) is 3. The number of carbonyl (C=O) groups excluding carboxylic acids is 1. The van der Waals surface area contributed by atoms with E-state index in [-0.39, 0.29) is 12.0 Å². The van der Waals surface area contributed by atoms with E-state index in [1.165, 1.54) is 0 Å². The van der Waals surface area contributed by atoms with Crippen molar-refractivity contribution in [3.8, 4) is 5.75 Å². The van der Waals surface area contributed by atoms with Gasteiger partial charge in [0.1, 0.15) is 5.75 Å². The SMILES string of the molecule is CC(C)Oc1ccc(NC(=O)c2cc(Br)ccc2N)cc1. The monoisotopic (exact) mass is 348 g/mol. The molecule has 0 aliphatic carbocycles. The van der Waals surface area contributed by atoms with Crippen LogP contribution in [0.25, 0.3) is 0 Å². The van der Waals surface area contributed by atoms with Crippen LogP contribution in [0.1, 0.15) is 24.2 Å². The van der Waals surface area contributed by atoms with Crippen molar-refractivity contribution in [1.82, 2.24) is 0 Å². The number of benzene rings is 2. The maximum absolute atomic E-state index is 12.2. The van der Waals surface area contributed by atoms with Crippen molar-refractivity contribution in [2.45, 2.75) is 20.0 Å². The summed E-state index contributed by atoms with van der Waals surface area (Å²) in [6, 6.07) is 12.4. The van der Waals surface area contributed by atoms with Gasteiger partial charge in [0.15, 0.2) is 0 Å². The number of carbonyl (C=O) groups is 1. The van der Waals surface area contributed by atoms with Gasteiger partial charge in [0.25, 0.3) is 5.91 Å². The lowest BCUT2D eigenvalue weighted by molar-refractivity contribution is 0.102. The first-order valence-corrected chi connectivity index (χ1v) is 7.38. The van der Waals surface area contributed by atoms with Crippen molar-refractivity contribution in [2.75, 3.05) is 11.1 Å². The molecule has 0 saturated heterocycles. The van der Waals surface area contributed by atoms with Gasteiger partial charge in [0, 0.05) is 15.8 Å². The lowest BCUT2D eigenvalue weighted by Crippen LogP contribution is -2.14. The molecule has 0 saturated carbocycles. The van der Waals surface area contributed by atoms with Crippen LogP contribution >= 0.6 is 15.9 Å². The molecule has 0 aromatic heterocycles. The Labute approximate surface area is 132 Å². The molecule has 0 fully saturated rings. The van der Waals surface area contributed by atoms with E-state index >= 15 is 0 Å². The fraction of sp³-hybridized carbons (Fsp3) is 0.188. The van der Waals surface area contributed by atoms with Gasteiger partial charge >= 0.3 is 0 Å². The van der Waals surface area contributed by atoms with E-state index in [0.717, 1.165) is 10.2 Å². The first-order valence-electron chi connectivity index (χ1n) is 6.59. The minimum atomic E-state index is -0.244. The van der Waals surface area contributed by atoms with Gasteiger partial charge in [-0.1, -0.05) is 15.9 Å². The van der Waals surface area contributed by atoms with Crippen LogP contribution in [0.4, 0.5) is 11.4 Å². The van der Waals surface area contributed by atoms with Crippen molar-refractivity contribution in [2.24, 2.45) is 0 Å². The first kappa shape index (κ1) is 15.4. The van der Waals surface area contributed by atoms with Gasteiger partial charge in [-0.25, -0.2) is 0 Å². The van der Waals surface area contributed by atoms with Gasteiger partial charge < -0.3 is 15.8 Å². The molecule has 0 bridgehead atoms. The molecule has 2 aromatic rings. The molecular formula is C16H17BrN2O2. The second kappa shape index (κ2) is 6.63. The maximum atomic E-state index is 12.2. The zero-order valence-corrected chi connectivity index (χ0v) is 13.5. The Balaban J connectivity index is 2.10. The minimum absolute atomic E-state index is 0.118. The summed E-state index contributed by atoms with van der Waals surface area (Å²) < 4.78 is 6.36. The van der Waals surface area contributed by atoms with Gasteiger partial charge in [-0.3, -0.25) is 4.79 Å². The summed E-state index contributed by atoms with van der Waals surface area (Å²) in [5, 5.41) is 2.81. The fourth-order valence-electron chi connectivity index (χ4n) is 1.81. The number of hydrogen-bond donors (Lipinski definition) is 2. The molecule has 110 valence electrons. The molecule has 0 unspecified atom stereocenters. The molecule has 5 heteroatoms. The second-order valence-electron chi connectivity index (χ2n) is 4.88. The molecule has 0 aliphatic rings. The Morgan fingerprint density at radius 2 is 1.86 bits per heavy atom. The molecule has 4 nitrogen and oxygen atoms in total. The first-order chi connectivity index (χ1) is 9.95. The fourth-order valence-corrected chi connectivity index (χ4v) is 2.17. The van der Waals surface area contributed by atoms with E-state index in [1.807, 2.05) is 26.0 Å². The van der Waals surface area contributed by atoms with Crippen molar-refractivity contribution >= 4 is 33.2 Å². The summed E-state index contributed by atoms with van der Waals surface area (Å²) in [5.41, 5.74) is 7.39. The van der Waals surface area contributed by atoms with E-state index in [9.17, 15) is 4.79 Å². The summed E-state index contributed by atoms with van der Waals surface area (Å²) in [4.78, 5) is 12.2. The lowest BCUT2D eigenvalue weighted by Gasteiger charge is -2.11. The van der Waals surface area contributed by atoms with Crippen LogP contribution in [0.2, 0.25) is 0 Å². The highest BCUT2D eigenvalue weighted by atomic mass is 79.9. The Morgan fingerprint density at radius 3 is 2.48 bits per heavy atom. The van der Waals surface area contributed by atoms with E-state index in [4.69, 9.17) is 10.5 Å². The molecule has 21 heavy (non-hydrogen) atoms. The van der Waals surface area contributed by atoms with Gasteiger partial charge in [-0.15, -0.1) is 0 Å². The number of nitrogen functional groups attached to an aromatic ring is 1. The third-order valence-electron chi connectivity index (χ3n) is 2.74. The molecule has 2 rings (SSSR count). The normalized spacial score (nSPS) is 10.5. The van der Waals surface area contributed by atoms with E-state index in [1.54, 1.807) is 30.3 Å². The largest absolute Gasteiger partial charge is 0.491 e. The molecular weight excluding hydrogens is 332 g/mol. The van der Waals surface area contributed by atoms with Crippen LogP contribution in [0.15, 0.2) is 46.9 Å². The van der Waals surface area contributed by atoms with Gasteiger partial charge in [-0.2, -0.15) is 0 Å². The Kier molecular flexibility index (Phi) is 4.85. The molecule has 0 atom stereocenters. The third-order valence-corrected chi connectivity index (χ3v) is 3.24. The number of halogens is 1. The average molecular weight is 349 g/mol. The van der Waals surface area contributed by atoms with Crippen LogP contribution in [-0.4, -0.2) is 12.0 Å². The highest BCUT2D eigenvalue weighted by Crippen LogP contribution is 2.21. The standard InChI is InChI=1S/C16H17BrN2O2/c1-10(2)21-13-6-4-12(5-7-13)19-16(20)14-9-11(17)3-8-15(14)18/h3-10H,18H2,1-2H3,(H,19,20). The maximum Gasteiger partial charge on any atom is 0.257 e. The number of ether oxygens (including phenoxy) is 1. The number of amides is 1. The highest BCUT2D eigenvalue weighted by Gasteiger charge is 2.10. The van der Waals surface area contributed by atoms with Crippen LogP contribution in [0.5, 0.6) is 5.75 Å². The molecule has 0 spiro atoms. The molecule has 0 radical (unpaired) electrons. The molecule has 3 N–H and O–H groups in total. The van der Waals surface area contributed by atoms with Gasteiger partial charge in [0.2, 0.25) is 0 Å². The molecule has 1 amide bonds. The number of rotatable bonds is 4. The van der Waals surface area contributed by atoms with Crippen molar-refractivity contribution in [3.05, 3.63) is 52.5 Å². The third kappa shape index (κ3) is 4.23. The summed E-state index contributed by atoms with van der Waals surface area (Å²) in [6.07, 6.45) is 0.118. The number of nitrogens with one attached hydrogen (secondary N) is 1. The number of anilines is 2. The zero-order valence-electron chi connectivity index (χ0n) is 11.9. The van der Waals surface area contributed by atoms with Crippen LogP contribution < -0.4 is 15.8 Å². The summed E-state index contributed by atoms with van der Waals surface area (Å²) in [5.74, 6) is 0.524. The molecule has 0 heterocycles. The van der Waals surface area contributed by atoms with E-state index in [0.29, 0.717) is 16.9 Å². The molecule has 0 aliphatic heterocycles. The topological polar surface area (TPSA) is 64.3 Å². The lowest BCUT2D eigenvalue weighted by atomic mass is 10.1. The van der Waals surface area contributed by atoms with Gasteiger partial charge in [0.05, 0.1) is 11.7 Å². The van der Waals surface area contributed by atoms with Crippen LogP contribution in [0.3, 0.4) is 0 Å². The highest BCUT2D eigenvalue weighted by molar-refractivity contribution is 9.10. The Hall–Kier alpha value is -2.01. The van der Waals surface area contributed by atoms with Crippen molar-refractivity contribution in [1.29, 1.82) is 0 Å². The molecule has 2 aromatic carbocycles. The smallest absolute Gasteiger partial charge is 0.257 e. The predicted molar refractivity (Wildman–Crippen MR) is 88.7 cm³/mol. The zero-order chi connectivity index (χ0) is 15.4. The Morgan fingerprint density at radius 1 is 1.19 bits per heavy atom. The van der Waals surface area contributed by atoms with Crippen LogP contribution in [0, 0.1) is 0 Å². The Bertz CT molecular complexity index is 639. The average Bonchev–Trinajstić information content (AvgIpc) is 2.43. The van der Waals surface area contributed by atoms with E-state index in [2.05, 4.69) is 21.2 Å². The van der Waals surface area contributed by atoms with Gasteiger partial charge in [-0.05, 0) is 56.3 Å². The number of nitrogens with two attached hydrogens (primary N) is 1. The van der Waals surface area contributed by atoms with Crippen LogP contribution in [-0.2, 0) is 0 Å². The quantitative estimate of drug-likeness (QED) is 0.818.